The van der Waals surface area contributed by atoms with Gasteiger partial charge < -0.3 is 10.1 Å². The summed E-state index contributed by atoms with van der Waals surface area (Å²) in [6, 6.07) is 10.6. The van der Waals surface area contributed by atoms with E-state index >= 15 is 0 Å². The predicted octanol–water partition coefficient (Wildman–Crippen LogP) is 5.87. The van der Waals surface area contributed by atoms with Crippen LogP contribution >= 0.6 is 39.3 Å². The van der Waals surface area contributed by atoms with Gasteiger partial charge in [-0.15, -0.1) is 0 Å². The normalized spacial score (nSPS) is 15.0. The minimum Gasteiger partial charge on any atom is -0.493 e. The van der Waals surface area contributed by atoms with Crippen molar-refractivity contribution in [2.24, 2.45) is 0 Å². The summed E-state index contributed by atoms with van der Waals surface area (Å²) in [7, 11) is 0. The highest BCUT2D eigenvalue weighted by Crippen LogP contribution is 2.35. The lowest BCUT2D eigenvalue weighted by Gasteiger charge is -2.14. The van der Waals surface area contributed by atoms with Gasteiger partial charge in [0.25, 0.3) is 11.1 Å². The Bertz CT molecular complexity index is 1070. The second-order valence-corrected chi connectivity index (χ2v) is 9.15. The molecule has 0 unspecified atom stereocenters. The van der Waals surface area contributed by atoms with Gasteiger partial charge in [0.15, 0.2) is 0 Å². The molecule has 0 saturated carbocycles. The van der Waals surface area contributed by atoms with Crippen molar-refractivity contribution in [1.82, 2.24) is 4.90 Å². The summed E-state index contributed by atoms with van der Waals surface area (Å²) in [5.41, 5.74) is 2.03. The Morgan fingerprint density at radius 2 is 2.03 bits per heavy atom. The van der Waals surface area contributed by atoms with Crippen molar-refractivity contribution >= 4 is 68.1 Å². The second kappa shape index (κ2) is 10.3. The van der Waals surface area contributed by atoms with Crippen LogP contribution in [0, 0.1) is 6.92 Å². The van der Waals surface area contributed by atoms with Gasteiger partial charge >= 0.3 is 0 Å². The van der Waals surface area contributed by atoms with Gasteiger partial charge in [0.2, 0.25) is 5.91 Å². The third-order valence-corrected chi connectivity index (χ3v) is 6.00. The number of amides is 3. The van der Waals surface area contributed by atoms with E-state index in [2.05, 4.69) is 21.2 Å². The van der Waals surface area contributed by atoms with Crippen molar-refractivity contribution < 1.29 is 19.1 Å². The van der Waals surface area contributed by atoms with Crippen LogP contribution in [0.2, 0.25) is 5.02 Å². The summed E-state index contributed by atoms with van der Waals surface area (Å²) in [4.78, 5) is 38.8. The second-order valence-electron chi connectivity index (χ2n) is 6.81. The van der Waals surface area contributed by atoms with E-state index in [4.69, 9.17) is 16.3 Å². The van der Waals surface area contributed by atoms with Crippen molar-refractivity contribution in [3.05, 3.63) is 61.9 Å². The Morgan fingerprint density at radius 1 is 1.26 bits per heavy atom. The van der Waals surface area contributed by atoms with Crippen LogP contribution in [0.3, 0.4) is 0 Å². The maximum absolute atomic E-state index is 12.8. The summed E-state index contributed by atoms with van der Waals surface area (Å²) in [5, 5.41) is 2.68. The highest BCUT2D eigenvalue weighted by atomic mass is 79.9. The molecule has 9 heteroatoms. The number of thioether (sulfide) groups is 1. The maximum atomic E-state index is 12.8. The third kappa shape index (κ3) is 5.90. The maximum Gasteiger partial charge on any atom is 0.294 e. The molecular weight excluding hydrogens is 504 g/mol. The number of halogens is 2. The number of carbonyl (C=O) groups is 3. The Kier molecular flexibility index (Phi) is 7.80. The Morgan fingerprint density at radius 3 is 2.77 bits per heavy atom. The summed E-state index contributed by atoms with van der Waals surface area (Å²) < 4.78 is 6.55. The minimum absolute atomic E-state index is 0.233. The molecule has 0 radical (unpaired) electrons. The van der Waals surface area contributed by atoms with Gasteiger partial charge in [-0.3, -0.25) is 19.3 Å². The number of nitrogens with one attached hydrogen (secondary N) is 1. The molecule has 1 aliphatic rings. The number of ether oxygens (including phenoxy) is 1. The fourth-order valence-electron chi connectivity index (χ4n) is 2.82. The molecule has 1 saturated heterocycles. The third-order valence-electron chi connectivity index (χ3n) is 4.37. The van der Waals surface area contributed by atoms with Gasteiger partial charge in [-0.25, -0.2) is 0 Å². The first-order valence-electron chi connectivity index (χ1n) is 9.52. The smallest absolute Gasteiger partial charge is 0.294 e. The van der Waals surface area contributed by atoms with Crippen LogP contribution in [0.15, 0.2) is 45.8 Å². The molecule has 0 aromatic heterocycles. The van der Waals surface area contributed by atoms with E-state index in [1.165, 1.54) is 0 Å². The first kappa shape index (κ1) is 23.4. The van der Waals surface area contributed by atoms with E-state index in [0.29, 0.717) is 28.6 Å². The van der Waals surface area contributed by atoms with Crippen molar-refractivity contribution in [3.8, 4) is 5.75 Å². The molecule has 0 aliphatic carbocycles. The average Bonchev–Trinajstić information content (AvgIpc) is 2.97. The topological polar surface area (TPSA) is 75.7 Å². The Balaban J connectivity index is 1.76. The predicted molar refractivity (Wildman–Crippen MR) is 127 cm³/mol. The number of rotatable bonds is 7. The molecule has 0 bridgehead atoms. The quantitative estimate of drug-likeness (QED) is 0.459. The number of anilines is 1. The van der Waals surface area contributed by atoms with Crippen LogP contribution < -0.4 is 10.1 Å². The van der Waals surface area contributed by atoms with Gasteiger partial charge in [0.1, 0.15) is 12.3 Å². The molecule has 1 heterocycles. The van der Waals surface area contributed by atoms with Crippen molar-refractivity contribution in [2.75, 3.05) is 18.5 Å². The number of carbonyl (C=O) groups excluding carboxylic acids is 3. The van der Waals surface area contributed by atoms with Gasteiger partial charge in [0, 0.05) is 20.7 Å². The van der Waals surface area contributed by atoms with Crippen molar-refractivity contribution in [2.45, 2.75) is 20.3 Å². The van der Waals surface area contributed by atoms with Gasteiger partial charge in [-0.1, -0.05) is 40.5 Å². The number of benzene rings is 2. The van der Waals surface area contributed by atoms with E-state index < -0.39 is 17.1 Å². The Labute approximate surface area is 198 Å². The molecule has 2 aromatic rings. The standard InChI is InChI=1S/C22H20BrClN2O4S/c1-3-8-30-18-7-5-15(23)9-14(18)10-19-21(28)26(22(29)31-19)12-20(27)25-17-11-16(24)6-4-13(17)2/h4-7,9-11H,3,8,12H2,1-2H3,(H,25,27)/b19-10+. The zero-order valence-electron chi connectivity index (χ0n) is 16.9. The van der Waals surface area contributed by atoms with Gasteiger partial charge in [-0.05, 0) is 67.1 Å². The van der Waals surface area contributed by atoms with E-state index in [1.54, 1.807) is 30.3 Å². The van der Waals surface area contributed by atoms with E-state index in [0.717, 1.165) is 33.1 Å². The van der Waals surface area contributed by atoms with E-state index in [1.807, 2.05) is 26.0 Å². The lowest BCUT2D eigenvalue weighted by Crippen LogP contribution is -2.36. The molecule has 162 valence electrons. The summed E-state index contributed by atoms with van der Waals surface area (Å²) in [5.74, 6) is -0.385. The average molecular weight is 524 g/mol. The first-order valence-corrected chi connectivity index (χ1v) is 11.5. The number of hydrogen-bond donors (Lipinski definition) is 1. The number of imide groups is 1. The fourth-order valence-corrected chi connectivity index (χ4v) is 4.20. The molecule has 31 heavy (non-hydrogen) atoms. The molecule has 1 fully saturated rings. The highest BCUT2D eigenvalue weighted by Gasteiger charge is 2.36. The van der Waals surface area contributed by atoms with Crippen LogP contribution in [0.4, 0.5) is 10.5 Å². The molecule has 3 rings (SSSR count). The summed E-state index contributed by atoms with van der Waals surface area (Å²) in [6.07, 6.45) is 2.45. The zero-order chi connectivity index (χ0) is 22.5. The Hall–Kier alpha value is -2.29. The lowest BCUT2D eigenvalue weighted by atomic mass is 10.2. The number of nitrogens with zero attached hydrogens (tertiary/aromatic N) is 1. The zero-order valence-corrected chi connectivity index (χ0v) is 20.1. The minimum atomic E-state index is -0.519. The van der Waals surface area contributed by atoms with Crippen LogP contribution in [0.1, 0.15) is 24.5 Å². The SMILES string of the molecule is CCCOc1ccc(Br)cc1/C=C1/SC(=O)N(CC(=O)Nc2cc(Cl)ccc2C)C1=O. The lowest BCUT2D eigenvalue weighted by molar-refractivity contribution is -0.127. The van der Waals surface area contributed by atoms with Crippen LogP contribution in [-0.4, -0.2) is 35.1 Å². The largest absolute Gasteiger partial charge is 0.493 e. The first-order chi connectivity index (χ1) is 14.8. The van der Waals surface area contributed by atoms with Crippen LogP contribution in [0.25, 0.3) is 6.08 Å². The molecule has 0 spiro atoms. The highest BCUT2D eigenvalue weighted by molar-refractivity contribution is 9.10. The molecule has 1 N–H and O–H groups in total. The van der Waals surface area contributed by atoms with E-state index in [9.17, 15) is 14.4 Å². The van der Waals surface area contributed by atoms with E-state index in [-0.39, 0.29) is 11.4 Å². The monoisotopic (exact) mass is 522 g/mol. The van der Waals surface area contributed by atoms with Crippen LogP contribution in [-0.2, 0) is 9.59 Å². The molecule has 6 nitrogen and oxygen atoms in total. The van der Waals surface area contributed by atoms with Gasteiger partial charge in [0.05, 0.1) is 11.5 Å². The molecule has 3 amide bonds. The van der Waals surface area contributed by atoms with Crippen molar-refractivity contribution in [1.29, 1.82) is 0 Å². The molecule has 2 aromatic carbocycles. The summed E-state index contributed by atoms with van der Waals surface area (Å²) >= 11 is 10.2. The molecular formula is C22H20BrClN2O4S. The number of hydrogen-bond acceptors (Lipinski definition) is 5. The fraction of sp³-hybridized carbons (Fsp3) is 0.227. The molecule has 0 atom stereocenters. The molecule has 1 aliphatic heterocycles. The van der Waals surface area contributed by atoms with Gasteiger partial charge in [-0.2, -0.15) is 0 Å². The van der Waals surface area contributed by atoms with Crippen LogP contribution in [0.5, 0.6) is 5.75 Å². The summed E-state index contributed by atoms with van der Waals surface area (Å²) in [6.45, 7) is 3.98. The number of aryl methyl sites for hydroxylation is 1. The van der Waals surface area contributed by atoms with Crippen molar-refractivity contribution in [3.63, 3.8) is 0 Å².